The van der Waals surface area contributed by atoms with E-state index in [1.54, 1.807) is 6.07 Å². The SMILES string of the molecule is COc1ccc(Br)cc1C(Br)C(F)(F)C(F)F. The number of halogens is 6. The molecule has 0 saturated carbocycles. The number of benzene rings is 1. The lowest BCUT2D eigenvalue weighted by Gasteiger charge is -2.23. The van der Waals surface area contributed by atoms with Crippen LogP contribution in [-0.4, -0.2) is 19.5 Å². The molecule has 0 aliphatic heterocycles. The topological polar surface area (TPSA) is 9.23 Å². The Morgan fingerprint density at radius 3 is 2.35 bits per heavy atom. The number of methoxy groups -OCH3 is 1. The van der Waals surface area contributed by atoms with Crippen molar-refractivity contribution >= 4 is 31.9 Å². The lowest BCUT2D eigenvalue weighted by Crippen LogP contribution is -2.31. The summed E-state index contributed by atoms with van der Waals surface area (Å²) in [6, 6.07) is 4.31. The van der Waals surface area contributed by atoms with Gasteiger partial charge in [-0.2, -0.15) is 8.78 Å². The van der Waals surface area contributed by atoms with Crippen molar-refractivity contribution in [2.75, 3.05) is 7.11 Å². The van der Waals surface area contributed by atoms with Crippen molar-refractivity contribution in [2.45, 2.75) is 17.2 Å². The lowest BCUT2D eigenvalue weighted by atomic mass is 10.1. The van der Waals surface area contributed by atoms with E-state index in [1.807, 2.05) is 0 Å². The van der Waals surface area contributed by atoms with Crippen LogP contribution in [0, 0.1) is 0 Å². The number of hydrogen-bond acceptors (Lipinski definition) is 1. The zero-order valence-electron chi connectivity index (χ0n) is 8.56. The predicted octanol–water partition coefficient (Wildman–Crippen LogP) is 4.79. The van der Waals surface area contributed by atoms with Crippen LogP contribution < -0.4 is 4.74 Å². The van der Waals surface area contributed by atoms with Crippen LogP contribution in [0.5, 0.6) is 5.75 Å². The molecule has 1 aromatic carbocycles. The maximum atomic E-state index is 13.2. The van der Waals surface area contributed by atoms with Crippen molar-refractivity contribution in [2.24, 2.45) is 0 Å². The molecule has 0 radical (unpaired) electrons. The summed E-state index contributed by atoms with van der Waals surface area (Å²) in [7, 11) is 1.28. The zero-order chi connectivity index (χ0) is 13.2. The smallest absolute Gasteiger partial charge is 0.323 e. The van der Waals surface area contributed by atoms with E-state index in [1.165, 1.54) is 19.2 Å². The monoisotopic (exact) mass is 378 g/mol. The molecule has 1 aromatic rings. The minimum absolute atomic E-state index is 0.0350. The molecule has 0 aromatic heterocycles. The maximum absolute atomic E-state index is 13.2. The molecule has 1 nitrogen and oxygen atoms in total. The summed E-state index contributed by atoms with van der Waals surface area (Å²) in [4.78, 5) is -1.82. The minimum Gasteiger partial charge on any atom is -0.496 e. The molecule has 1 atom stereocenters. The molecule has 0 aliphatic rings. The van der Waals surface area contributed by atoms with E-state index in [0.717, 1.165) is 0 Å². The fourth-order valence-electron chi connectivity index (χ4n) is 1.22. The predicted molar refractivity (Wildman–Crippen MR) is 63.3 cm³/mol. The van der Waals surface area contributed by atoms with Gasteiger partial charge in [0.15, 0.2) is 0 Å². The number of rotatable bonds is 4. The summed E-state index contributed by atoms with van der Waals surface area (Å²) in [6.45, 7) is 0. The summed E-state index contributed by atoms with van der Waals surface area (Å²) in [5, 5.41) is 0. The van der Waals surface area contributed by atoms with Gasteiger partial charge in [-0.3, -0.25) is 0 Å². The summed E-state index contributed by atoms with van der Waals surface area (Å²) in [5.74, 6) is -4.05. The summed E-state index contributed by atoms with van der Waals surface area (Å²) >= 11 is 5.69. The maximum Gasteiger partial charge on any atom is 0.323 e. The van der Waals surface area contributed by atoms with Gasteiger partial charge in [-0.1, -0.05) is 31.9 Å². The van der Waals surface area contributed by atoms with Gasteiger partial charge in [0.1, 0.15) is 10.6 Å². The normalized spacial score (nSPS) is 13.9. The van der Waals surface area contributed by atoms with E-state index in [2.05, 4.69) is 31.9 Å². The van der Waals surface area contributed by atoms with E-state index in [0.29, 0.717) is 4.47 Å². The molecule has 17 heavy (non-hydrogen) atoms. The lowest BCUT2D eigenvalue weighted by molar-refractivity contribution is -0.128. The van der Waals surface area contributed by atoms with Gasteiger partial charge < -0.3 is 4.74 Å². The van der Waals surface area contributed by atoms with E-state index in [4.69, 9.17) is 4.74 Å². The van der Waals surface area contributed by atoms with Crippen molar-refractivity contribution in [3.8, 4) is 5.75 Å². The second kappa shape index (κ2) is 5.56. The molecule has 96 valence electrons. The van der Waals surface area contributed by atoms with Crippen LogP contribution in [0.1, 0.15) is 10.4 Å². The molecule has 0 heterocycles. The molecule has 7 heteroatoms. The second-order valence-corrected chi connectivity index (χ2v) is 5.06. The Morgan fingerprint density at radius 2 is 1.88 bits per heavy atom. The van der Waals surface area contributed by atoms with Crippen LogP contribution in [0.3, 0.4) is 0 Å². The van der Waals surface area contributed by atoms with Crippen LogP contribution >= 0.6 is 31.9 Å². The van der Waals surface area contributed by atoms with Gasteiger partial charge in [0.2, 0.25) is 0 Å². The van der Waals surface area contributed by atoms with Crippen LogP contribution in [0.15, 0.2) is 22.7 Å². The van der Waals surface area contributed by atoms with Gasteiger partial charge >= 0.3 is 12.3 Å². The zero-order valence-corrected chi connectivity index (χ0v) is 11.7. The Labute approximate surface area is 112 Å². The van der Waals surface area contributed by atoms with E-state index in [9.17, 15) is 17.6 Å². The van der Waals surface area contributed by atoms with Crippen molar-refractivity contribution in [1.29, 1.82) is 0 Å². The Bertz CT molecular complexity index is 398. The Kier molecular flexibility index (Phi) is 4.83. The van der Waals surface area contributed by atoms with Crippen LogP contribution in [-0.2, 0) is 0 Å². The third-order valence-electron chi connectivity index (χ3n) is 2.09. The van der Waals surface area contributed by atoms with Gasteiger partial charge in [-0.15, -0.1) is 0 Å². The first kappa shape index (κ1) is 14.8. The quantitative estimate of drug-likeness (QED) is 0.539. The summed E-state index contributed by atoms with van der Waals surface area (Å²) < 4.78 is 56.3. The van der Waals surface area contributed by atoms with Gasteiger partial charge in [-0.25, -0.2) is 8.78 Å². The van der Waals surface area contributed by atoms with E-state index >= 15 is 0 Å². The van der Waals surface area contributed by atoms with E-state index in [-0.39, 0.29) is 11.3 Å². The van der Waals surface area contributed by atoms with Crippen LogP contribution in [0.4, 0.5) is 17.6 Å². The molecule has 1 unspecified atom stereocenters. The average Bonchev–Trinajstić information content (AvgIpc) is 2.27. The molecule has 0 amide bonds. The number of alkyl halides is 5. The fraction of sp³-hybridized carbons (Fsp3) is 0.400. The van der Waals surface area contributed by atoms with Crippen molar-refractivity contribution in [3.05, 3.63) is 28.2 Å². The minimum atomic E-state index is -4.17. The van der Waals surface area contributed by atoms with Gasteiger partial charge in [-0.05, 0) is 18.2 Å². The van der Waals surface area contributed by atoms with Crippen molar-refractivity contribution in [1.82, 2.24) is 0 Å². The third kappa shape index (κ3) is 3.13. The molecular formula is C10H8Br2F4O. The largest absolute Gasteiger partial charge is 0.496 e. The molecule has 1 rings (SSSR count). The van der Waals surface area contributed by atoms with Crippen LogP contribution in [0.25, 0.3) is 0 Å². The molecule has 0 bridgehead atoms. The highest BCUT2D eigenvalue weighted by Gasteiger charge is 2.49. The first-order valence-corrected chi connectivity index (χ1v) is 6.15. The third-order valence-corrected chi connectivity index (χ3v) is 3.69. The Morgan fingerprint density at radius 1 is 1.29 bits per heavy atom. The van der Waals surface area contributed by atoms with Gasteiger partial charge in [0, 0.05) is 10.0 Å². The molecular weight excluding hydrogens is 372 g/mol. The van der Waals surface area contributed by atoms with Crippen LogP contribution in [0.2, 0.25) is 0 Å². The highest BCUT2D eigenvalue weighted by molar-refractivity contribution is 9.10. The Balaban J connectivity index is 3.19. The van der Waals surface area contributed by atoms with E-state index < -0.39 is 17.2 Å². The summed E-state index contributed by atoms with van der Waals surface area (Å²) in [5.41, 5.74) is -0.0350. The standard InChI is InChI=1S/C10H8Br2F4O/c1-17-7-3-2-5(11)4-6(7)8(12)10(15,16)9(13)14/h2-4,8-9H,1H3. The second-order valence-electron chi connectivity index (χ2n) is 3.22. The molecule has 0 fully saturated rings. The first-order valence-electron chi connectivity index (χ1n) is 4.44. The Hall–Kier alpha value is -0.300. The number of hydrogen-bond donors (Lipinski definition) is 0. The average molecular weight is 380 g/mol. The molecule has 0 N–H and O–H groups in total. The number of ether oxygens (including phenoxy) is 1. The van der Waals surface area contributed by atoms with Crippen molar-refractivity contribution in [3.63, 3.8) is 0 Å². The fourth-order valence-corrected chi connectivity index (χ4v) is 2.16. The highest BCUT2D eigenvalue weighted by atomic mass is 79.9. The van der Waals surface area contributed by atoms with Gasteiger partial charge in [0.05, 0.1) is 7.11 Å². The highest BCUT2D eigenvalue weighted by Crippen LogP contribution is 2.46. The first-order chi connectivity index (χ1) is 7.80. The van der Waals surface area contributed by atoms with Gasteiger partial charge in [0.25, 0.3) is 0 Å². The summed E-state index contributed by atoms with van der Waals surface area (Å²) in [6.07, 6.45) is -3.75. The molecule has 0 saturated heterocycles. The molecule has 0 aliphatic carbocycles. The van der Waals surface area contributed by atoms with Crippen molar-refractivity contribution < 1.29 is 22.3 Å². The molecule has 0 spiro atoms.